The van der Waals surface area contributed by atoms with Gasteiger partial charge in [-0.3, -0.25) is 9.59 Å². The lowest BCUT2D eigenvalue weighted by atomic mass is 9.89. The Morgan fingerprint density at radius 1 is 0.851 bits per heavy atom. The maximum absolute atomic E-state index is 14.0. The van der Waals surface area contributed by atoms with Gasteiger partial charge in [0.1, 0.15) is 5.52 Å². The Hall–Kier alpha value is -5.02. The van der Waals surface area contributed by atoms with Gasteiger partial charge in [0.05, 0.1) is 17.2 Å². The molecule has 6 aromatic rings. The van der Waals surface area contributed by atoms with E-state index in [9.17, 15) is 9.59 Å². The van der Waals surface area contributed by atoms with Crippen LogP contribution in [0, 0.1) is 6.92 Å². The molecule has 9 heteroatoms. The summed E-state index contributed by atoms with van der Waals surface area (Å²) in [5.41, 5.74) is 6.82. The number of aromatic nitrogens is 4. The predicted octanol–water partition coefficient (Wildman–Crippen LogP) is 6.32. The molecule has 1 aliphatic heterocycles. The number of benzene rings is 4. The maximum atomic E-state index is 14.0. The van der Waals surface area contributed by atoms with E-state index in [1.54, 1.807) is 0 Å². The van der Waals surface area contributed by atoms with Gasteiger partial charge in [-0.25, -0.2) is 4.98 Å². The van der Waals surface area contributed by atoms with Gasteiger partial charge < -0.3 is 14.4 Å². The van der Waals surface area contributed by atoms with Gasteiger partial charge >= 0.3 is 0 Å². The summed E-state index contributed by atoms with van der Waals surface area (Å²) in [6.07, 6.45) is 0. The molecule has 0 spiro atoms. The highest BCUT2D eigenvalue weighted by Crippen LogP contribution is 2.31. The fourth-order valence-corrected chi connectivity index (χ4v) is 7.19. The molecule has 4 aromatic carbocycles. The molecule has 1 aliphatic rings. The number of fused-ring (bicyclic) bond motifs is 3. The number of hydrogen-bond acceptors (Lipinski definition) is 6. The lowest BCUT2D eigenvalue weighted by Crippen LogP contribution is -2.56. The van der Waals surface area contributed by atoms with Crippen molar-refractivity contribution in [2.45, 2.75) is 37.5 Å². The zero-order valence-electron chi connectivity index (χ0n) is 26.5. The fraction of sp³-hybridized carbons (Fsp3) is 0.237. The first-order valence-electron chi connectivity index (χ1n) is 15.9. The number of rotatable bonds is 8. The van der Waals surface area contributed by atoms with Gasteiger partial charge in [-0.1, -0.05) is 114 Å². The third kappa shape index (κ3) is 6.36. The van der Waals surface area contributed by atoms with Crippen molar-refractivity contribution in [2.75, 3.05) is 25.4 Å². The molecule has 1 atom stereocenters. The average Bonchev–Trinajstić information content (AvgIpc) is 3.40. The van der Waals surface area contributed by atoms with Crippen LogP contribution in [0.5, 0.6) is 0 Å². The highest BCUT2D eigenvalue weighted by Gasteiger charge is 2.34. The molecule has 0 radical (unpaired) electrons. The smallest absolute Gasteiger partial charge is 0.234 e. The lowest BCUT2D eigenvalue weighted by Gasteiger charge is -2.41. The van der Waals surface area contributed by atoms with Gasteiger partial charge in [-0.2, -0.15) is 0 Å². The molecular formula is C38H36N6O2S. The maximum Gasteiger partial charge on any atom is 0.234 e. The Kier molecular flexibility index (Phi) is 8.72. The van der Waals surface area contributed by atoms with Crippen molar-refractivity contribution < 1.29 is 9.59 Å². The third-order valence-corrected chi connectivity index (χ3v) is 9.71. The van der Waals surface area contributed by atoms with Crippen LogP contribution in [0.15, 0.2) is 114 Å². The van der Waals surface area contributed by atoms with Crippen molar-refractivity contribution >= 4 is 45.6 Å². The minimum absolute atomic E-state index is 0.000712. The molecule has 7 rings (SSSR count). The monoisotopic (exact) mass is 640 g/mol. The van der Waals surface area contributed by atoms with E-state index in [0.717, 1.165) is 38.8 Å². The molecule has 0 saturated carbocycles. The second kappa shape index (κ2) is 13.4. The first-order valence-corrected chi connectivity index (χ1v) is 16.9. The van der Waals surface area contributed by atoms with E-state index >= 15 is 0 Å². The number of thioether (sulfide) groups is 1. The second-order valence-corrected chi connectivity index (χ2v) is 13.1. The highest BCUT2D eigenvalue weighted by atomic mass is 32.2. The Bertz CT molecular complexity index is 1990. The summed E-state index contributed by atoms with van der Waals surface area (Å²) < 4.78 is 2.18. The number of nitrogens with zero attached hydrogens (tertiary/aromatic N) is 6. The minimum atomic E-state index is -0.390. The molecule has 236 valence electrons. The molecule has 3 heterocycles. The molecule has 0 N–H and O–H groups in total. The molecule has 1 unspecified atom stereocenters. The number of hydrogen-bond donors (Lipinski definition) is 0. The molecular weight excluding hydrogens is 605 g/mol. The van der Waals surface area contributed by atoms with Gasteiger partial charge in [0.25, 0.3) is 0 Å². The van der Waals surface area contributed by atoms with Gasteiger partial charge in [0.15, 0.2) is 5.65 Å². The van der Waals surface area contributed by atoms with Crippen molar-refractivity contribution in [2.24, 2.45) is 0 Å². The summed E-state index contributed by atoms with van der Waals surface area (Å²) in [5.74, 6) is -0.132. The largest absolute Gasteiger partial charge is 0.338 e. The normalized spacial score (nSPS) is 15.1. The summed E-state index contributed by atoms with van der Waals surface area (Å²) in [7, 11) is 0. The highest BCUT2D eigenvalue weighted by molar-refractivity contribution is 7.99. The summed E-state index contributed by atoms with van der Waals surface area (Å²) in [6, 6.07) is 36.3. The third-order valence-electron chi connectivity index (χ3n) is 8.89. The van der Waals surface area contributed by atoms with E-state index < -0.39 is 5.92 Å². The van der Waals surface area contributed by atoms with Crippen LogP contribution in [0.2, 0.25) is 0 Å². The summed E-state index contributed by atoms with van der Waals surface area (Å²) >= 11 is 1.30. The SMILES string of the molecule is Cc1ccc2c(c1)c1nnc(SCC(=O)N3CCN(C(=O)C(c4ccccc4)c4ccccc4)C(C)C3)nc1n2Cc1ccccc1. The van der Waals surface area contributed by atoms with E-state index in [-0.39, 0.29) is 23.6 Å². The van der Waals surface area contributed by atoms with Crippen LogP contribution in [0.25, 0.3) is 22.1 Å². The zero-order valence-corrected chi connectivity index (χ0v) is 27.3. The Morgan fingerprint density at radius 3 is 2.17 bits per heavy atom. The summed E-state index contributed by atoms with van der Waals surface area (Å²) in [5, 5.41) is 10.5. The lowest BCUT2D eigenvalue weighted by molar-refractivity contribution is -0.141. The first kappa shape index (κ1) is 30.6. The zero-order chi connectivity index (χ0) is 32.3. The van der Waals surface area contributed by atoms with Crippen LogP contribution in [-0.4, -0.2) is 72.8 Å². The van der Waals surface area contributed by atoms with Gasteiger partial charge in [-0.05, 0) is 42.7 Å². The second-order valence-electron chi connectivity index (χ2n) is 12.1. The number of aryl methyl sites for hydroxylation is 1. The average molecular weight is 641 g/mol. The van der Waals surface area contributed by atoms with Crippen LogP contribution in [0.1, 0.15) is 35.1 Å². The van der Waals surface area contributed by atoms with Crippen molar-refractivity contribution in [3.63, 3.8) is 0 Å². The van der Waals surface area contributed by atoms with Gasteiger partial charge in [0.2, 0.25) is 17.0 Å². The number of amides is 2. The van der Waals surface area contributed by atoms with Crippen LogP contribution >= 0.6 is 11.8 Å². The quantitative estimate of drug-likeness (QED) is 0.181. The van der Waals surface area contributed by atoms with E-state index in [2.05, 4.69) is 52.0 Å². The van der Waals surface area contributed by atoms with Gasteiger partial charge in [-0.15, -0.1) is 10.2 Å². The van der Waals surface area contributed by atoms with E-state index in [0.29, 0.717) is 31.3 Å². The molecule has 47 heavy (non-hydrogen) atoms. The first-order chi connectivity index (χ1) is 23.0. The minimum Gasteiger partial charge on any atom is -0.338 e. The van der Waals surface area contributed by atoms with E-state index in [1.807, 2.05) is 95.6 Å². The molecule has 1 saturated heterocycles. The Balaban J connectivity index is 1.05. The van der Waals surface area contributed by atoms with Crippen molar-refractivity contribution in [1.82, 2.24) is 29.5 Å². The van der Waals surface area contributed by atoms with Crippen molar-refractivity contribution in [3.8, 4) is 0 Å². The van der Waals surface area contributed by atoms with Crippen LogP contribution in [0.3, 0.4) is 0 Å². The number of piperazine rings is 1. The van der Waals surface area contributed by atoms with E-state index in [4.69, 9.17) is 4.98 Å². The van der Waals surface area contributed by atoms with Crippen LogP contribution in [0.4, 0.5) is 0 Å². The molecule has 8 nitrogen and oxygen atoms in total. The van der Waals surface area contributed by atoms with Gasteiger partial charge in [0, 0.05) is 37.6 Å². The Morgan fingerprint density at radius 2 is 1.51 bits per heavy atom. The number of carbonyl (C=O) groups excluding carboxylic acids is 2. The molecule has 1 fully saturated rings. The standard InChI is InChI=1S/C38H36N6O2S/c1-26-18-19-32-31(22-26)35-36(44(32)24-28-12-6-3-7-13-28)39-38(41-40-35)47-25-33(45)42-20-21-43(27(2)23-42)37(46)34(29-14-8-4-9-15-29)30-16-10-5-11-17-30/h3-19,22,27,34H,20-21,23-25H2,1-2H3. The van der Waals surface area contributed by atoms with Crippen LogP contribution < -0.4 is 0 Å². The van der Waals surface area contributed by atoms with E-state index in [1.165, 1.54) is 17.3 Å². The summed E-state index contributed by atoms with van der Waals surface area (Å²) in [6.45, 7) is 6.18. The fourth-order valence-electron chi connectivity index (χ4n) is 6.51. The molecule has 0 bridgehead atoms. The van der Waals surface area contributed by atoms with Crippen molar-refractivity contribution in [1.29, 1.82) is 0 Å². The topological polar surface area (TPSA) is 84.2 Å². The number of carbonyl (C=O) groups is 2. The predicted molar refractivity (Wildman–Crippen MR) is 186 cm³/mol. The van der Waals surface area contributed by atoms with Crippen molar-refractivity contribution in [3.05, 3.63) is 131 Å². The molecule has 2 amide bonds. The molecule has 0 aliphatic carbocycles. The molecule has 2 aromatic heterocycles. The summed E-state index contributed by atoms with van der Waals surface area (Å²) in [4.78, 5) is 36.2. The van der Waals surface area contributed by atoms with Crippen LogP contribution in [-0.2, 0) is 16.1 Å². The Labute approximate surface area is 278 Å².